The summed E-state index contributed by atoms with van der Waals surface area (Å²) in [5.41, 5.74) is 3.03. The zero-order valence-electron chi connectivity index (χ0n) is 24.7. The molecule has 3 heterocycles. The molecule has 1 saturated carbocycles. The molecule has 2 aromatic heterocycles. The van der Waals surface area contributed by atoms with E-state index in [0.717, 1.165) is 31.2 Å². The maximum Gasteiger partial charge on any atom is 0.407 e. The molecule has 1 saturated heterocycles. The van der Waals surface area contributed by atoms with Crippen molar-refractivity contribution in [2.75, 3.05) is 31.8 Å². The first kappa shape index (κ1) is 31.6. The molecule has 2 aliphatic rings. The Morgan fingerprint density at radius 3 is 2.59 bits per heavy atom. The SMILES string of the molecule is COC(=O)NC1CCCCC1NCc1ccc(-n2cc(-c3nc(NC4CCN(S(C)(=O)=O)CC4)ncc3C#N)cn2)c(Cl)c1. The van der Waals surface area contributed by atoms with Crippen molar-refractivity contribution in [3.05, 3.63) is 52.9 Å². The molecule has 3 N–H and O–H groups in total. The second-order valence-electron chi connectivity index (χ2n) is 11.1. The van der Waals surface area contributed by atoms with Crippen LogP contribution in [0.25, 0.3) is 16.9 Å². The Morgan fingerprint density at radius 1 is 1.16 bits per heavy atom. The number of anilines is 1. The molecule has 234 valence electrons. The summed E-state index contributed by atoms with van der Waals surface area (Å²) in [5.74, 6) is 0.362. The number of halogens is 1. The van der Waals surface area contributed by atoms with Gasteiger partial charge in [0, 0.05) is 49.5 Å². The van der Waals surface area contributed by atoms with Gasteiger partial charge < -0.3 is 20.7 Å². The zero-order valence-corrected chi connectivity index (χ0v) is 26.2. The predicted octanol–water partition coefficient (Wildman–Crippen LogP) is 3.45. The van der Waals surface area contributed by atoms with Crippen molar-refractivity contribution in [3.8, 4) is 23.0 Å². The number of benzene rings is 1. The molecule has 15 heteroatoms. The Labute approximate surface area is 262 Å². The van der Waals surface area contributed by atoms with E-state index < -0.39 is 16.1 Å². The van der Waals surface area contributed by atoms with Gasteiger partial charge in [0.15, 0.2) is 0 Å². The number of alkyl carbamates (subject to hydrolysis) is 1. The van der Waals surface area contributed by atoms with Gasteiger partial charge in [-0.2, -0.15) is 10.4 Å². The summed E-state index contributed by atoms with van der Waals surface area (Å²) in [7, 11) is -1.85. The number of nitrogens with one attached hydrogen (secondary N) is 3. The van der Waals surface area contributed by atoms with Crippen LogP contribution in [0.1, 0.15) is 49.7 Å². The molecule has 44 heavy (non-hydrogen) atoms. The van der Waals surface area contributed by atoms with Crippen LogP contribution in [0.5, 0.6) is 0 Å². The van der Waals surface area contributed by atoms with E-state index in [9.17, 15) is 18.5 Å². The van der Waals surface area contributed by atoms with Gasteiger partial charge in [-0.1, -0.05) is 30.5 Å². The number of methoxy groups -OCH3 is 1. The first-order valence-electron chi connectivity index (χ1n) is 14.5. The molecule has 1 amide bonds. The highest BCUT2D eigenvalue weighted by atomic mass is 35.5. The van der Waals surface area contributed by atoms with Gasteiger partial charge in [0.2, 0.25) is 16.0 Å². The molecule has 2 atom stereocenters. The smallest absolute Gasteiger partial charge is 0.407 e. The molecular weight excluding hydrogens is 606 g/mol. The highest BCUT2D eigenvalue weighted by Crippen LogP contribution is 2.27. The number of carbonyl (C=O) groups excluding carboxylic acids is 1. The number of piperidine rings is 1. The van der Waals surface area contributed by atoms with Gasteiger partial charge in [-0.15, -0.1) is 0 Å². The van der Waals surface area contributed by atoms with E-state index in [0.29, 0.717) is 66.0 Å². The van der Waals surface area contributed by atoms with E-state index in [2.05, 4.69) is 37.1 Å². The van der Waals surface area contributed by atoms with E-state index in [1.165, 1.54) is 23.9 Å². The number of ether oxygens (including phenoxy) is 1. The van der Waals surface area contributed by atoms with E-state index in [4.69, 9.17) is 16.3 Å². The lowest BCUT2D eigenvalue weighted by molar-refractivity contribution is 0.158. The van der Waals surface area contributed by atoms with Crippen LogP contribution in [0, 0.1) is 11.3 Å². The molecule has 0 spiro atoms. The number of hydrogen-bond donors (Lipinski definition) is 3. The molecule has 1 aliphatic carbocycles. The van der Waals surface area contributed by atoms with Crippen LogP contribution < -0.4 is 16.0 Å². The third-order valence-electron chi connectivity index (χ3n) is 8.10. The minimum Gasteiger partial charge on any atom is -0.453 e. The average Bonchev–Trinajstić information content (AvgIpc) is 3.50. The molecule has 3 aromatic rings. The zero-order chi connectivity index (χ0) is 31.3. The molecule has 13 nitrogen and oxygen atoms in total. The first-order valence-corrected chi connectivity index (χ1v) is 16.8. The Kier molecular flexibility index (Phi) is 10.00. The van der Waals surface area contributed by atoms with Gasteiger partial charge in [-0.05, 0) is 43.4 Å². The van der Waals surface area contributed by atoms with Gasteiger partial charge in [-0.25, -0.2) is 32.2 Å². The van der Waals surface area contributed by atoms with Crippen molar-refractivity contribution in [2.45, 2.75) is 63.2 Å². The number of amides is 1. The van der Waals surface area contributed by atoms with E-state index in [1.54, 1.807) is 17.1 Å². The van der Waals surface area contributed by atoms with Crippen molar-refractivity contribution in [1.82, 2.24) is 34.7 Å². The maximum absolute atomic E-state index is 11.8. The lowest BCUT2D eigenvalue weighted by atomic mass is 9.90. The van der Waals surface area contributed by atoms with Crippen LogP contribution in [0.2, 0.25) is 5.02 Å². The average molecular weight is 642 g/mol. The molecule has 0 bridgehead atoms. The number of carbonyl (C=O) groups is 1. The number of sulfonamides is 1. The summed E-state index contributed by atoms with van der Waals surface area (Å²) >= 11 is 6.70. The summed E-state index contributed by atoms with van der Waals surface area (Å²) in [5, 5.41) is 24.5. The molecule has 1 aliphatic heterocycles. The fourth-order valence-corrected chi connectivity index (χ4v) is 6.86. The number of nitrogens with zero attached hydrogens (tertiary/aromatic N) is 6. The number of nitriles is 1. The third-order valence-corrected chi connectivity index (χ3v) is 9.71. The quantitative estimate of drug-likeness (QED) is 0.315. The van der Waals surface area contributed by atoms with Crippen LogP contribution in [0.4, 0.5) is 10.7 Å². The van der Waals surface area contributed by atoms with Crippen LogP contribution in [0.15, 0.2) is 36.8 Å². The normalized spacial score (nSPS) is 19.7. The van der Waals surface area contributed by atoms with Gasteiger partial charge in [0.25, 0.3) is 0 Å². The fraction of sp³-hybridized carbons (Fsp3) is 0.483. The minimum absolute atomic E-state index is 0.0106. The molecular formula is C29H36ClN9O4S. The summed E-state index contributed by atoms with van der Waals surface area (Å²) < 4.78 is 31.5. The third kappa shape index (κ3) is 7.65. The van der Waals surface area contributed by atoms with Gasteiger partial charge >= 0.3 is 6.09 Å². The number of hydrogen-bond acceptors (Lipinski definition) is 10. The Morgan fingerprint density at radius 2 is 1.91 bits per heavy atom. The lowest BCUT2D eigenvalue weighted by Crippen LogP contribution is -2.51. The second kappa shape index (κ2) is 13.9. The van der Waals surface area contributed by atoms with Crippen molar-refractivity contribution in [1.29, 1.82) is 5.26 Å². The summed E-state index contributed by atoms with van der Waals surface area (Å²) in [4.78, 5) is 20.7. The monoisotopic (exact) mass is 641 g/mol. The molecule has 2 unspecified atom stereocenters. The fourth-order valence-electron chi connectivity index (χ4n) is 5.70. The largest absolute Gasteiger partial charge is 0.453 e. The highest BCUT2D eigenvalue weighted by molar-refractivity contribution is 7.88. The van der Waals surface area contributed by atoms with Crippen molar-refractivity contribution in [2.24, 2.45) is 0 Å². The minimum atomic E-state index is -3.21. The van der Waals surface area contributed by atoms with Crippen molar-refractivity contribution in [3.63, 3.8) is 0 Å². The van der Waals surface area contributed by atoms with Crippen LogP contribution >= 0.6 is 11.6 Å². The molecule has 2 fully saturated rings. The molecule has 5 rings (SSSR count). The van der Waals surface area contributed by atoms with E-state index >= 15 is 0 Å². The Hall–Kier alpha value is -3.77. The van der Waals surface area contributed by atoms with Crippen LogP contribution in [0.3, 0.4) is 0 Å². The summed E-state index contributed by atoms with van der Waals surface area (Å²) in [6, 6.07) is 8.06. The molecule has 0 radical (unpaired) electrons. The standard InChI is InChI=1S/C29H36ClN9O4S/c1-43-29(40)36-25-6-4-3-5-24(25)32-15-19-7-8-26(23(30)13-19)39-18-21(17-34-39)27-20(14-31)16-33-28(37-27)35-22-9-11-38(12-10-22)44(2,41)42/h7-8,13,16-18,22,24-25,32H,3-6,9-12,15H2,1-2H3,(H,36,40)(H,33,35,37). The number of aromatic nitrogens is 4. The van der Waals surface area contributed by atoms with Crippen molar-refractivity contribution >= 4 is 33.7 Å². The Balaban J connectivity index is 1.26. The number of rotatable bonds is 9. The van der Waals surface area contributed by atoms with Gasteiger partial charge in [0.05, 0.1) is 47.7 Å². The van der Waals surface area contributed by atoms with Crippen molar-refractivity contribution < 1.29 is 17.9 Å². The second-order valence-corrected chi connectivity index (χ2v) is 13.5. The van der Waals surface area contributed by atoms with Gasteiger partial charge in [-0.3, -0.25) is 0 Å². The van der Waals surface area contributed by atoms with Crippen LogP contribution in [-0.4, -0.2) is 83.1 Å². The molecule has 1 aromatic carbocycles. The Bertz CT molecular complexity index is 1630. The first-order chi connectivity index (χ1) is 21.1. The van der Waals surface area contributed by atoms with E-state index in [1.807, 2.05) is 18.2 Å². The maximum atomic E-state index is 11.8. The van der Waals surface area contributed by atoms with E-state index in [-0.39, 0.29) is 18.1 Å². The topological polar surface area (TPSA) is 167 Å². The highest BCUT2D eigenvalue weighted by Gasteiger charge is 2.27. The summed E-state index contributed by atoms with van der Waals surface area (Å²) in [6.07, 6.45) is 10.9. The lowest BCUT2D eigenvalue weighted by Gasteiger charge is -2.32. The summed E-state index contributed by atoms with van der Waals surface area (Å²) in [6.45, 7) is 1.44. The van der Waals surface area contributed by atoms with Gasteiger partial charge in [0.1, 0.15) is 6.07 Å². The van der Waals surface area contributed by atoms with Crippen LogP contribution in [-0.2, 0) is 21.3 Å². The predicted molar refractivity (Wildman–Crippen MR) is 166 cm³/mol.